The Hall–Kier alpha value is -2.36. The molecule has 0 radical (unpaired) electrons. The van der Waals surface area contributed by atoms with Crippen LogP contribution in [-0.4, -0.2) is 51.3 Å². The molecule has 1 aliphatic rings. The second-order valence-corrected chi connectivity index (χ2v) is 7.98. The number of halogens is 1. The molecule has 1 saturated heterocycles. The smallest absolute Gasteiger partial charge is 0.191 e. The first kappa shape index (κ1) is 25.3. The van der Waals surface area contributed by atoms with E-state index in [1.165, 1.54) is 27.5 Å². The summed E-state index contributed by atoms with van der Waals surface area (Å²) in [5.41, 5.74) is 3.85. The predicted molar refractivity (Wildman–Crippen MR) is 145 cm³/mol. The number of nitrogens with zero attached hydrogens (tertiary/aromatic N) is 2. The van der Waals surface area contributed by atoms with Gasteiger partial charge in [-0.05, 0) is 45.7 Å². The maximum absolute atomic E-state index is 5.47. The van der Waals surface area contributed by atoms with Crippen molar-refractivity contribution in [2.75, 3.05) is 40.5 Å². The summed E-state index contributed by atoms with van der Waals surface area (Å²) in [7, 11) is 3.50. The lowest BCUT2D eigenvalue weighted by Crippen LogP contribution is -2.37. The number of guanidine groups is 1. The second kappa shape index (κ2) is 12.8. The Kier molecular flexibility index (Phi) is 9.77. The van der Waals surface area contributed by atoms with Crippen molar-refractivity contribution in [3.8, 4) is 5.75 Å². The summed E-state index contributed by atoms with van der Waals surface area (Å²) in [4.78, 5) is 6.85. The van der Waals surface area contributed by atoms with Crippen LogP contribution in [0.2, 0.25) is 0 Å². The van der Waals surface area contributed by atoms with Gasteiger partial charge in [-0.3, -0.25) is 9.89 Å². The number of fused-ring (bicyclic) bond motifs is 1. The Morgan fingerprint density at radius 3 is 2.39 bits per heavy atom. The third kappa shape index (κ3) is 7.06. The molecule has 2 N–H and O–H groups in total. The monoisotopic (exact) mass is 560 g/mol. The van der Waals surface area contributed by atoms with Crippen LogP contribution in [0, 0.1) is 0 Å². The van der Waals surface area contributed by atoms with Crippen molar-refractivity contribution >= 4 is 40.7 Å². The van der Waals surface area contributed by atoms with Crippen molar-refractivity contribution in [2.45, 2.75) is 19.6 Å². The van der Waals surface area contributed by atoms with Crippen LogP contribution in [0.3, 0.4) is 0 Å². The van der Waals surface area contributed by atoms with Crippen molar-refractivity contribution in [3.63, 3.8) is 0 Å². The standard InChI is InChI=1S/C26H32N4O2.HI/c1-27-26(28-17-20-7-8-22-16-25(31-2)10-9-21(22)15-20)29-18-23-5-3-4-6-24(23)19-30-11-13-32-14-12-30;/h3-10,15-16H,11-14,17-19H2,1-2H3,(H2,27,28,29);1H. The molecule has 0 spiro atoms. The van der Waals surface area contributed by atoms with Gasteiger partial charge in [-0.1, -0.05) is 42.5 Å². The summed E-state index contributed by atoms with van der Waals surface area (Å²) in [5.74, 6) is 1.67. The van der Waals surface area contributed by atoms with E-state index in [2.05, 4.69) is 75.1 Å². The molecule has 0 bridgehead atoms. The van der Waals surface area contributed by atoms with Crippen LogP contribution in [0.1, 0.15) is 16.7 Å². The highest BCUT2D eigenvalue weighted by Gasteiger charge is 2.13. The van der Waals surface area contributed by atoms with E-state index >= 15 is 0 Å². The molecule has 1 heterocycles. The first-order chi connectivity index (χ1) is 15.7. The van der Waals surface area contributed by atoms with Gasteiger partial charge in [0.2, 0.25) is 0 Å². The normalized spacial score (nSPS) is 14.5. The topological polar surface area (TPSA) is 58.1 Å². The quantitative estimate of drug-likeness (QED) is 0.258. The van der Waals surface area contributed by atoms with Gasteiger partial charge in [0.25, 0.3) is 0 Å². The van der Waals surface area contributed by atoms with E-state index in [4.69, 9.17) is 9.47 Å². The Bertz CT molecular complexity index is 1070. The van der Waals surface area contributed by atoms with Gasteiger partial charge in [-0.15, -0.1) is 24.0 Å². The fraction of sp³-hybridized carbons (Fsp3) is 0.346. The SMILES string of the molecule is CN=C(NCc1ccc2cc(OC)ccc2c1)NCc1ccccc1CN1CCOCC1.I. The van der Waals surface area contributed by atoms with Crippen LogP contribution in [0.25, 0.3) is 10.8 Å². The Morgan fingerprint density at radius 2 is 1.64 bits per heavy atom. The molecule has 0 aliphatic carbocycles. The lowest BCUT2D eigenvalue weighted by Gasteiger charge is -2.27. The molecule has 3 aromatic carbocycles. The van der Waals surface area contributed by atoms with E-state index in [1.807, 2.05) is 13.1 Å². The van der Waals surface area contributed by atoms with E-state index in [0.717, 1.165) is 51.1 Å². The van der Waals surface area contributed by atoms with Gasteiger partial charge in [0.05, 0.1) is 20.3 Å². The van der Waals surface area contributed by atoms with Gasteiger partial charge in [0.15, 0.2) is 5.96 Å². The van der Waals surface area contributed by atoms with Crippen LogP contribution >= 0.6 is 24.0 Å². The number of morpholine rings is 1. The van der Waals surface area contributed by atoms with E-state index in [-0.39, 0.29) is 24.0 Å². The lowest BCUT2D eigenvalue weighted by atomic mass is 10.1. The molecule has 3 aromatic rings. The fourth-order valence-corrected chi connectivity index (χ4v) is 3.98. The van der Waals surface area contributed by atoms with Gasteiger partial charge >= 0.3 is 0 Å². The summed E-state index contributed by atoms with van der Waals surface area (Å²) in [6, 6.07) is 21.2. The third-order valence-electron chi connectivity index (χ3n) is 5.86. The Morgan fingerprint density at radius 1 is 0.939 bits per heavy atom. The van der Waals surface area contributed by atoms with Crippen LogP contribution in [0.4, 0.5) is 0 Å². The van der Waals surface area contributed by atoms with Gasteiger partial charge in [-0.2, -0.15) is 0 Å². The zero-order valence-electron chi connectivity index (χ0n) is 19.3. The highest BCUT2D eigenvalue weighted by molar-refractivity contribution is 14.0. The van der Waals surface area contributed by atoms with Crippen LogP contribution in [0.5, 0.6) is 5.75 Å². The second-order valence-electron chi connectivity index (χ2n) is 7.98. The predicted octanol–water partition coefficient (Wildman–Crippen LogP) is 4.16. The van der Waals surface area contributed by atoms with E-state index in [1.54, 1.807) is 7.11 Å². The summed E-state index contributed by atoms with van der Waals surface area (Å²) in [6.07, 6.45) is 0. The first-order valence-corrected chi connectivity index (χ1v) is 11.1. The molecular formula is C26H33IN4O2. The van der Waals surface area contributed by atoms with Gasteiger partial charge in [0.1, 0.15) is 5.75 Å². The molecule has 0 saturated carbocycles. The molecule has 7 heteroatoms. The third-order valence-corrected chi connectivity index (χ3v) is 5.86. The van der Waals surface area contributed by atoms with Crippen molar-refractivity contribution in [1.29, 1.82) is 0 Å². The van der Waals surface area contributed by atoms with Crippen LogP contribution in [0.15, 0.2) is 65.7 Å². The molecule has 33 heavy (non-hydrogen) atoms. The minimum Gasteiger partial charge on any atom is -0.497 e. The number of benzene rings is 3. The van der Waals surface area contributed by atoms with Crippen LogP contribution < -0.4 is 15.4 Å². The fourth-order valence-electron chi connectivity index (χ4n) is 3.98. The molecule has 176 valence electrons. The Balaban J connectivity index is 0.00000306. The minimum absolute atomic E-state index is 0. The van der Waals surface area contributed by atoms with Crippen molar-refractivity contribution in [3.05, 3.63) is 77.4 Å². The molecular weight excluding hydrogens is 527 g/mol. The zero-order valence-corrected chi connectivity index (χ0v) is 21.7. The number of aliphatic imine (C=N–C) groups is 1. The zero-order chi connectivity index (χ0) is 22.2. The van der Waals surface area contributed by atoms with E-state index < -0.39 is 0 Å². The van der Waals surface area contributed by atoms with Gasteiger partial charge in [0, 0.05) is 39.8 Å². The molecule has 0 amide bonds. The van der Waals surface area contributed by atoms with E-state index in [9.17, 15) is 0 Å². The number of rotatable bonds is 7. The number of hydrogen-bond acceptors (Lipinski definition) is 4. The highest BCUT2D eigenvalue weighted by Crippen LogP contribution is 2.22. The summed E-state index contributed by atoms with van der Waals surface area (Å²) >= 11 is 0. The molecule has 4 rings (SSSR count). The lowest BCUT2D eigenvalue weighted by molar-refractivity contribution is 0.0341. The number of ether oxygens (including phenoxy) is 2. The summed E-state index contributed by atoms with van der Waals surface area (Å²) in [6.45, 7) is 6.01. The first-order valence-electron chi connectivity index (χ1n) is 11.1. The molecule has 6 nitrogen and oxygen atoms in total. The molecule has 0 aromatic heterocycles. The minimum atomic E-state index is 0. The summed E-state index contributed by atoms with van der Waals surface area (Å²) < 4.78 is 10.8. The average Bonchev–Trinajstić information content (AvgIpc) is 2.85. The molecule has 1 aliphatic heterocycles. The molecule has 0 unspecified atom stereocenters. The van der Waals surface area contributed by atoms with Gasteiger partial charge in [-0.25, -0.2) is 0 Å². The largest absolute Gasteiger partial charge is 0.497 e. The number of nitrogens with one attached hydrogen (secondary N) is 2. The van der Waals surface area contributed by atoms with Crippen molar-refractivity contribution in [1.82, 2.24) is 15.5 Å². The Labute approximate surface area is 213 Å². The van der Waals surface area contributed by atoms with Crippen molar-refractivity contribution < 1.29 is 9.47 Å². The number of hydrogen-bond donors (Lipinski definition) is 2. The highest BCUT2D eigenvalue weighted by atomic mass is 127. The van der Waals surface area contributed by atoms with Crippen LogP contribution in [-0.2, 0) is 24.4 Å². The maximum Gasteiger partial charge on any atom is 0.191 e. The van der Waals surface area contributed by atoms with Gasteiger partial charge < -0.3 is 20.1 Å². The summed E-state index contributed by atoms with van der Waals surface area (Å²) in [5, 5.41) is 9.27. The number of methoxy groups -OCH3 is 1. The van der Waals surface area contributed by atoms with E-state index in [0.29, 0.717) is 6.54 Å². The average molecular weight is 560 g/mol. The molecule has 1 fully saturated rings. The van der Waals surface area contributed by atoms with Crippen molar-refractivity contribution in [2.24, 2.45) is 4.99 Å². The molecule has 0 atom stereocenters. The maximum atomic E-state index is 5.47.